The third-order valence-electron chi connectivity index (χ3n) is 4.77. The molecule has 0 atom stereocenters. The highest BCUT2D eigenvalue weighted by Gasteiger charge is 2.31. The molecule has 8 nitrogen and oxygen atoms in total. The van der Waals surface area contributed by atoms with Crippen LogP contribution in [0.5, 0.6) is 5.75 Å². The van der Waals surface area contributed by atoms with Crippen LogP contribution in [0.3, 0.4) is 0 Å². The Morgan fingerprint density at radius 1 is 0.966 bits per heavy atom. The van der Waals surface area contributed by atoms with Crippen LogP contribution in [0.15, 0.2) is 29.2 Å². The SMILES string of the molecule is CCCCCS(=O)(=O)CC(=O)N1CCN(S(=O)(=O)c2ccc(OCC)cc2)CC1. The molecule has 29 heavy (non-hydrogen) atoms. The minimum atomic E-state index is -3.67. The van der Waals surface area contributed by atoms with Gasteiger partial charge in [-0.25, -0.2) is 16.8 Å². The largest absolute Gasteiger partial charge is 0.494 e. The molecule has 10 heteroatoms. The van der Waals surface area contributed by atoms with Gasteiger partial charge >= 0.3 is 0 Å². The molecule has 0 bridgehead atoms. The molecule has 0 saturated carbocycles. The minimum Gasteiger partial charge on any atom is -0.494 e. The maximum Gasteiger partial charge on any atom is 0.243 e. The molecule has 0 unspecified atom stereocenters. The summed E-state index contributed by atoms with van der Waals surface area (Å²) in [6.45, 7) is 4.96. The molecule has 0 radical (unpaired) electrons. The number of sulfone groups is 1. The molecule has 1 saturated heterocycles. The van der Waals surface area contributed by atoms with Crippen LogP contribution in [0, 0.1) is 0 Å². The molecule has 0 N–H and O–H groups in total. The van der Waals surface area contributed by atoms with Crippen LogP contribution in [0.1, 0.15) is 33.1 Å². The highest BCUT2D eigenvalue weighted by Crippen LogP contribution is 2.21. The third kappa shape index (κ3) is 6.68. The van der Waals surface area contributed by atoms with Crippen LogP contribution in [0.2, 0.25) is 0 Å². The van der Waals surface area contributed by atoms with Crippen molar-refractivity contribution < 1.29 is 26.4 Å². The third-order valence-corrected chi connectivity index (χ3v) is 8.28. The van der Waals surface area contributed by atoms with Crippen LogP contribution in [0.25, 0.3) is 0 Å². The van der Waals surface area contributed by atoms with E-state index in [0.29, 0.717) is 18.8 Å². The number of unbranched alkanes of at least 4 members (excludes halogenated alkanes) is 2. The Labute approximate surface area is 173 Å². The van der Waals surface area contributed by atoms with Crippen LogP contribution in [-0.4, -0.2) is 76.2 Å². The predicted octanol–water partition coefficient (Wildman–Crippen LogP) is 1.52. The van der Waals surface area contributed by atoms with Gasteiger partial charge in [-0.1, -0.05) is 19.8 Å². The number of hydrogen-bond donors (Lipinski definition) is 0. The van der Waals surface area contributed by atoms with Gasteiger partial charge in [0.15, 0.2) is 9.84 Å². The second-order valence-corrected chi connectivity index (χ2v) is 11.1. The van der Waals surface area contributed by atoms with E-state index in [1.807, 2.05) is 13.8 Å². The van der Waals surface area contributed by atoms with Crippen molar-refractivity contribution in [2.45, 2.75) is 38.0 Å². The average molecular weight is 447 g/mol. The first-order valence-corrected chi connectivity index (χ1v) is 13.2. The molecule has 0 aromatic heterocycles. The number of carbonyl (C=O) groups excluding carboxylic acids is 1. The van der Waals surface area contributed by atoms with Crippen molar-refractivity contribution >= 4 is 25.8 Å². The monoisotopic (exact) mass is 446 g/mol. The summed E-state index contributed by atoms with van der Waals surface area (Å²) >= 11 is 0. The Balaban J connectivity index is 1.92. The van der Waals surface area contributed by atoms with E-state index >= 15 is 0 Å². The summed E-state index contributed by atoms with van der Waals surface area (Å²) in [6.07, 6.45) is 2.28. The van der Waals surface area contributed by atoms with Crippen LogP contribution in [0.4, 0.5) is 0 Å². The average Bonchev–Trinajstić information content (AvgIpc) is 2.68. The van der Waals surface area contributed by atoms with Crippen molar-refractivity contribution in [1.29, 1.82) is 0 Å². The number of carbonyl (C=O) groups is 1. The second-order valence-electron chi connectivity index (χ2n) is 6.99. The van der Waals surface area contributed by atoms with Gasteiger partial charge < -0.3 is 9.64 Å². The summed E-state index contributed by atoms with van der Waals surface area (Å²) in [7, 11) is -7.10. The summed E-state index contributed by atoms with van der Waals surface area (Å²) < 4.78 is 56.4. The Kier molecular flexibility index (Phi) is 8.47. The minimum absolute atomic E-state index is 0.0126. The first-order valence-electron chi connectivity index (χ1n) is 9.91. The number of benzene rings is 1. The number of hydrogen-bond acceptors (Lipinski definition) is 6. The zero-order valence-corrected chi connectivity index (χ0v) is 18.7. The molecule has 1 fully saturated rings. The lowest BCUT2D eigenvalue weighted by molar-refractivity contribution is -0.129. The van der Waals surface area contributed by atoms with Gasteiger partial charge in [-0.15, -0.1) is 0 Å². The van der Waals surface area contributed by atoms with E-state index < -0.39 is 31.5 Å². The number of rotatable bonds is 10. The summed E-state index contributed by atoms with van der Waals surface area (Å²) in [4.78, 5) is 13.9. The molecule has 1 amide bonds. The lowest BCUT2D eigenvalue weighted by atomic mass is 10.3. The lowest BCUT2D eigenvalue weighted by Crippen LogP contribution is -2.51. The highest BCUT2D eigenvalue weighted by molar-refractivity contribution is 7.92. The quantitative estimate of drug-likeness (QED) is 0.505. The molecule has 1 aromatic carbocycles. The Morgan fingerprint density at radius 3 is 2.14 bits per heavy atom. The zero-order chi connectivity index (χ0) is 21.5. The molecule has 0 aliphatic carbocycles. The van der Waals surface area contributed by atoms with Gasteiger partial charge in [0.25, 0.3) is 0 Å². The van der Waals surface area contributed by atoms with E-state index in [0.717, 1.165) is 12.8 Å². The van der Waals surface area contributed by atoms with Crippen LogP contribution in [-0.2, 0) is 24.7 Å². The topological polar surface area (TPSA) is 101 Å². The van der Waals surface area contributed by atoms with Gasteiger partial charge in [-0.05, 0) is 37.6 Å². The number of ether oxygens (including phenoxy) is 1. The van der Waals surface area contributed by atoms with E-state index in [4.69, 9.17) is 4.74 Å². The molecular weight excluding hydrogens is 416 g/mol. The maximum atomic E-state index is 12.8. The van der Waals surface area contributed by atoms with E-state index in [9.17, 15) is 21.6 Å². The summed E-state index contributed by atoms with van der Waals surface area (Å²) in [5, 5.41) is 0. The fourth-order valence-electron chi connectivity index (χ4n) is 3.12. The predicted molar refractivity (Wildman–Crippen MR) is 111 cm³/mol. The molecule has 1 aliphatic rings. The number of sulfonamides is 1. The van der Waals surface area contributed by atoms with E-state index in [2.05, 4.69) is 0 Å². The Bertz CT molecular complexity index is 874. The molecule has 164 valence electrons. The van der Waals surface area contributed by atoms with Crippen molar-refractivity contribution in [2.24, 2.45) is 0 Å². The molecule has 1 aromatic rings. The van der Waals surface area contributed by atoms with Gasteiger partial charge in [0.05, 0.1) is 17.3 Å². The van der Waals surface area contributed by atoms with Crippen molar-refractivity contribution in [3.05, 3.63) is 24.3 Å². The highest BCUT2D eigenvalue weighted by atomic mass is 32.2. The molecular formula is C19H30N2O6S2. The first-order chi connectivity index (χ1) is 13.7. The molecule has 0 spiro atoms. The summed E-state index contributed by atoms with van der Waals surface area (Å²) in [5.74, 6) is -0.359. The smallest absolute Gasteiger partial charge is 0.243 e. The first kappa shape index (κ1) is 23.6. The van der Waals surface area contributed by atoms with Crippen LogP contribution >= 0.6 is 0 Å². The Morgan fingerprint density at radius 2 is 1.59 bits per heavy atom. The summed E-state index contributed by atoms with van der Waals surface area (Å²) in [5.41, 5.74) is 0. The van der Waals surface area contributed by atoms with E-state index in [1.54, 1.807) is 12.1 Å². The van der Waals surface area contributed by atoms with Crippen molar-refractivity contribution in [1.82, 2.24) is 9.21 Å². The standard InChI is InChI=1S/C19H30N2O6S2/c1-3-5-6-15-28(23,24)16-19(22)20-11-13-21(14-12-20)29(25,26)18-9-7-17(8-10-18)27-4-2/h7-10H,3-6,11-16H2,1-2H3. The molecule has 1 aliphatic heterocycles. The molecule has 2 rings (SSSR count). The van der Waals surface area contributed by atoms with Crippen molar-refractivity contribution in [3.63, 3.8) is 0 Å². The number of amides is 1. The summed E-state index contributed by atoms with van der Waals surface area (Å²) in [6, 6.07) is 6.22. The van der Waals surface area contributed by atoms with E-state index in [1.165, 1.54) is 21.3 Å². The number of piperazine rings is 1. The van der Waals surface area contributed by atoms with E-state index in [-0.39, 0.29) is 36.8 Å². The normalized spacial score (nSPS) is 16.0. The maximum absolute atomic E-state index is 12.8. The van der Waals surface area contributed by atoms with Gasteiger partial charge in [0, 0.05) is 26.2 Å². The molecule has 1 heterocycles. The van der Waals surface area contributed by atoms with Gasteiger partial charge in [-0.2, -0.15) is 4.31 Å². The lowest BCUT2D eigenvalue weighted by Gasteiger charge is -2.34. The zero-order valence-electron chi connectivity index (χ0n) is 17.0. The van der Waals surface area contributed by atoms with Crippen molar-refractivity contribution in [2.75, 3.05) is 44.3 Å². The van der Waals surface area contributed by atoms with Gasteiger partial charge in [0.2, 0.25) is 15.9 Å². The van der Waals surface area contributed by atoms with Crippen molar-refractivity contribution in [3.8, 4) is 5.75 Å². The fraction of sp³-hybridized carbons (Fsp3) is 0.632. The Hall–Kier alpha value is -1.65. The second kappa shape index (κ2) is 10.4. The van der Waals surface area contributed by atoms with Crippen LogP contribution < -0.4 is 4.74 Å². The van der Waals surface area contributed by atoms with Gasteiger partial charge in [0.1, 0.15) is 11.5 Å². The van der Waals surface area contributed by atoms with Gasteiger partial charge in [-0.3, -0.25) is 4.79 Å². The fourth-order valence-corrected chi connectivity index (χ4v) is 5.89. The number of nitrogens with zero attached hydrogens (tertiary/aromatic N) is 2.